The number of aliphatic hydroxyl groups is 1. The number of aliphatic hydroxyl groups excluding tert-OH is 1. The second-order valence-corrected chi connectivity index (χ2v) is 8.00. The monoisotopic (exact) mass is 452 g/mol. The van der Waals surface area contributed by atoms with Gasteiger partial charge in [0.2, 0.25) is 0 Å². The van der Waals surface area contributed by atoms with Crippen molar-refractivity contribution in [3.8, 4) is 0 Å². The molecule has 3 aromatic carbocycles. The number of hydrogen-bond donors (Lipinski definition) is 1. The van der Waals surface area contributed by atoms with Crippen LogP contribution in [-0.2, 0) is 38.8 Å². The van der Waals surface area contributed by atoms with Crippen molar-refractivity contribution in [3.05, 3.63) is 108 Å². The van der Waals surface area contributed by atoms with Crippen LogP contribution in [0.4, 0.5) is 4.39 Å². The lowest BCUT2D eigenvalue weighted by molar-refractivity contribution is -0.313. The van der Waals surface area contributed by atoms with E-state index in [-0.39, 0.29) is 19.8 Å². The molecule has 0 spiro atoms. The Labute approximate surface area is 193 Å². The van der Waals surface area contributed by atoms with Gasteiger partial charge in [-0.3, -0.25) is 0 Å². The second kappa shape index (κ2) is 12.0. The summed E-state index contributed by atoms with van der Waals surface area (Å²) in [5.41, 5.74) is 2.85. The Morgan fingerprint density at radius 2 is 1.00 bits per heavy atom. The van der Waals surface area contributed by atoms with Gasteiger partial charge in [0.15, 0.2) is 6.29 Å². The summed E-state index contributed by atoms with van der Waals surface area (Å²) >= 11 is 0. The van der Waals surface area contributed by atoms with Gasteiger partial charge in [0.1, 0.15) is 31.1 Å². The first-order chi connectivity index (χ1) is 16.2. The van der Waals surface area contributed by atoms with Crippen molar-refractivity contribution in [2.45, 2.75) is 50.5 Å². The number of alkyl halides is 1. The van der Waals surface area contributed by atoms with Crippen LogP contribution in [0.25, 0.3) is 0 Å². The molecule has 5 unspecified atom stereocenters. The summed E-state index contributed by atoms with van der Waals surface area (Å²) in [6.07, 6.45) is -4.66. The smallest absolute Gasteiger partial charge is 0.184 e. The molecule has 1 aliphatic rings. The van der Waals surface area contributed by atoms with Crippen LogP contribution >= 0.6 is 0 Å². The number of ether oxygens (including phenoxy) is 4. The normalized spacial score (nSPS) is 25.1. The van der Waals surface area contributed by atoms with E-state index in [0.717, 1.165) is 16.7 Å². The Morgan fingerprint density at radius 3 is 1.42 bits per heavy atom. The highest BCUT2D eigenvalue weighted by molar-refractivity contribution is 5.15. The lowest BCUT2D eigenvalue weighted by atomic mass is 9.98. The van der Waals surface area contributed by atoms with E-state index < -0.39 is 37.4 Å². The zero-order valence-electron chi connectivity index (χ0n) is 18.3. The molecule has 4 rings (SSSR count). The zero-order chi connectivity index (χ0) is 22.9. The number of hydrogen-bond acceptors (Lipinski definition) is 5. The zero-order valence-corrected chi connectivity index (χ0v) is 18.3. The quantitative estimate of drug-likeness (QED) is 0.493. The summed E-state index contributed by atoms with van der Waals surface area (Å²) in [5.74, 6) is 0. The first-order valence-corrected chi connectivity index (χ1v) is 11.1. The standard InChI is InChI=1S/C27H29FO5/c28-16-23-24(30-17-20-10-4-1-5-11-20)25(31-18-21-12-6-2-7-13-21)26(27(29)33-23)32-19-22-14-8-3-9-15-22/h1-15,23-27,29H,16-19H2. The van der Waals surface area contributed by atoms with Gasteiger partial charge in [-0.15, -0.1) is 0 Å². The van der Waals surface area contributed by atoms with Crippen molar-refractivity contribution in [3.63, 3.8) is 0 Å². The fourth-order valence-corrected chi connectivity index (χ4v) is 3.89. The largest absolute Gasteiger partial charge is 0.368 e. The minimum Gasteiger partial charge on any atom is -0.368 e. The Kier molecular flexibility index (Phi) is 8.58. The van der Waals surface area contributed by atoms with Gasteiger partial charge in [-0.25, -0.2) is 4.39 Å². The molecule has 0 aromatic heterocycles. The molecule has 1 heterocycles. The van der Waals surface area contributed by atoms with Crippen molar-refractivity contribution in [1.82, 2.24) is 0 Å². The lowest BCUT2D eigenvalue weighted by Gasteiger charge is -2.43. The molecule has 3 aromatic rings. The van der Waals surface area contributed by atoms with Gasteiger partial charge in [-0.05, 0) is 16.7 Å². The highest BCUT2D eigenvalue weighted by atomic mass is 19.1. The molecular formula is C27H29FO5. The third kappa shape index (κ3) is 6.47. The summed E-state index contributed by atoms with van der Waals surface area (Å²) in [5, 5.41) is 10.7. The topological polar surface area (TPSA) is 57.2 Å². The molecule has 1 saturated heterocycles. The Balaban J connectivity index is 1.53. The van der Waals surface area contributed by atoms with Gasteiger partial charge in [-0.2, -0.15) is 0 Å². The van der Waals surface area contributed by atoms with Crippen LogP contribution < -0.4 is 0 Å². The van der Waals surface area contributed by atoms with Crippen LogP contribution in [0.5, 0.6) is 0 Å². The van der Waals surface area contributed by atoms with E-state index in [4.69, 9.17) is 18.9 Å². The summed E-state index contributed by atoms with van der Waals surface area (Å²) in [6.45, 7) is -0.0262. The highest BCUT2D eigenvalue weighted by Crippen LogP contribution is 2.29. The molecule has 1 aliphatic heterocycles. The van der Waals surface area contributed by atoms with Crippen LogP contribution in [0.1, 0.15) is 16.7 Å². The van der Waals surface area contributed by atoms with Gasteiger partial charge in [0.05, 0.1) is 19.8 Å². The number of benzene rings is 3. The minimum absolute atomic E-state index is 0.253. The third-order valence-electron chi connectivity index (χ3n) is 5.62. The molecule has 6 heteroatoms. The molecular weight excluding hydrogens is 423 g/mol. The van der Waals surface area contributed by atoms with Gasteiger partial charge >= 0.3 is 0 Å². The molecule has 0 aliphatic carbocycles. The first kappa shape index (κ1) is 23.5. The maximum atomic E-state index is 13.9. The minimum atomic E-state index is -1.34. The van der Waals surface area contributed by atoms with E-state index in [1.165, 1.54) is 0 Å². The Bertz CT molecular complexity index is 941. The summed E-state index contributed by atoms with van der Waals surface area (Å²) < 4.78 is 37.9. The molecule has 0 amide bonds. The molecule has 5 nitrogen and oxygen atoms in total. The van der Waals surface area contributed by atoms with E-state index in [2.05, 4.69) is 0 Å². The summed E-state index contributed by atoms with van der Waals surface area (Å²) in [6, 6.07) is 28.9. The van der Waals surface area contributed by atoms with Crippen molar-refractivity contribution in [1.29, 1.82) is 0 Å². The number of rotatable bonds is 10. The van der Waals surface area contributed by atoms with Crippen molar-refractivity contribution in [2.24, 2.45) is 0 Å². The van der Waals surface area contributed by atoms with Gasteiger partial charge in [0, 0.05) is 0 Å². The molecule has 0 saturated carbocycles. The Hall–Kier alpha value is -2.61. The maximum Gasteiger partial charge on any atom is 0.184 e. The van der Waals surface area contributed by atoms with Crippen LogP contribution in [0.2, 0.25) is 0 Å². The predicted octanol–water partition coefficient (Wildman–Crippen LogP) is 4.43. The predicted molar refractivity (Wildman–Crippen MR) is 122 cm³/mol. The average Bonchev–Trinajstić information content (AvgIpc) is 2.87. The second-order valence-electron chi connectivity index (χ2n) is 8.00. The van der Waals surface area contributed by atoms with E-state index in [1.807, 2.05) is 91.0 Å². The van der Waals surface area contributed by atoms with Gasteiger partial charge < -0.3 is 24.1 Å². The van der Waals surface area contributed by atoms with Crippen LogP contribution in [0.3, 0.4) is 0 Å². The first-order valence-electron chi connectivity index (χ1n) is 11.1. The van der Waals surface area contributed by atoms with Crippen molar-refractivity contribution in [2.75, 3.05) is 6.67 Å². The molecule has 174 valence electrons. The summed E-state index contributed by atoms with van der Waals surface area (Å²) in [7, 11) is 0. The third-order valence-corrected chi connectivity index (χ3v) is 5.62. The molecule has 1 fully saturated rings. The highest BCUT2D eigenvalue weighted by Gasteiger charge is 2.47. The van der Waals surface area contributed by atoms with E-state index in [1.54, 1.807) is 0 Å². The number of halogens is 1. The molecule has 33 heavy (non-hydrogen) atoms. The molecule has 1 N–H and O–H groups in total. The van der Waals surface area contributed by atoms with Gasteiger partial charge in [0.25, 0.3) is 0 Å². The van der Waals surface area contributed by atoms with Crippen LogP contribution in [-0.4, -0.2) is 42.5 Å². The SMILES string of the molecule is OC1OC(CF)C(OCc2ccccc2)C(OCc2ccccc2)C1OCc1ccccc1. The van der Waals surface area contributed by atoms with Crippen molar-refractivity contribution >= 4 is 0 Å². The van der Waals surface area contributed by atoms with E-state index >= 15 is 0 Å². The van der Waals surface area contributed by atoms with Crippen LogP contribution in [0, 0.1) is 0 Å². The Morgan fingerprint density at radius 1 is 0.606 bits per heavy atom. The average molecular weight is 453 g/mol. The molecule has 0 bridgehead atoms. The molecule has 0 radical (unpaired) electrons. The van der Waals surface area contributed by atoms with E-state index in [0.29, 0.717) is 0 Å². The summed E-state index contributed by atoms with van der Waals surface area (Å²) in [4.78, 5) is 0. The fourth-order valence-electron chi connectivity index (χ4n) is 3.89. The molecule has 5 atom stereocenters. The lowest BCUT2D eigenvalue weighted by Crippen LogP contribution is -2.60. The van der Waals surface area contributed by atoms with Crippen molar-refractivity contribution < 1.29 is 28.4 Å². The fraction of sp³-hybridized carbons (Fsp3) is 0.333. The van der Waals surface area contributed by atoms with Crippen LogP contribution in [0.15, 0.2) is 91.0 Å². The van der Waals surface area contributed by atoms with Gasteiger partial charge in [-0.1, -0.05) is 91.0 Å². The van der Waals surface area contributed by atoms with E-state index in [9.17, 15) is 9.50 Å². The maximum absolute atomic E-state index is 13.9.